The number of nitrogens with zero attached hydrogens (tertiary/aromatic N) is 3. The number of hydrogen-bond donors (Lipinski definition) is 1. The number of rotatable bonds is 7. The van der Waals surface area contributed by atoms with E-state index in [-0.39, 0.29) is 12.5 Å². The van der Waals surface area contributed by atoms with Gasteiger partial charge in [0.05, 0.1) is 24.0 Å². The lowest BCUT2D eigenvalue weighted by atomic mass is 10.2. The van der Waals surface area contributed by atoms with Gasteiger partial charge in [-0.15, -0.1) is 11.3 Å². The Labute approximate surface area is 204 Å². The van der Waals surface area contributed by atoms with E-state index in [1.54, 1.807) is 37.6 Å². The molecule has 0 saturated heterocycles. The predicted molar refractivity (Wildman–Crippen MR) is 133 cm³/mol. The molecule has 0 spiro atoms. The summed E-state index contributed by atoms with van der Waals surface area (Å²) in [6.07, 6.45) is 5.38. The molecule has 2 aromatic carbocycles. The molecular formula is C25H19ClN4O3S. The number of ether oxygens (including phenoxy) is 2. The largest absolute Gasteiger partial charge is 0.493 e. The van der Waals surface area contributed by atoms with Crippen LogP contribution in [-0.2, 0) is 6.61 Å². The predicted octanol–water partition coefficient (Wildman–Crippen LogP) is 5.95. The van der Waals surface area contributed by atoms with Crippen LogP contribution in [-0.4, -0.2) is 27.4 Å². The first-order valence-electron chi connectivity index (χ1n) is 10.4. The number of imidazole rings is 1. The van der Waals surface area contributed by atoms with E-state index < -0.39 is 0 Å². The van der Waals surface area contributed by atoms with Crippen molar-refractivity contribution in [3.8, 4) is 22.1 Å². The molecule has 170 valence electrons. The second-order valence-electron chi connectivity index (χ2n) is 7.32. The second kappa shape index (κ2) is 9.54. The van der Waals surface area contributed by atoms with E-state index in [1.807, 2.05) is 53.2 Å². The van der Waals surface area contributed by atoms with Gasteiger partial charge < -0.3 is 19.2 Å². The molecule has 0 unspecified atom stereocenters. The fourth-order valence-electron chi connectivity index (χ4n) is 3.41. The Bertz CT molecular complexity index is 1450. The molecule has 7 nitrogen and oxygen atoms in total. The van der Waals surface area contributed by atoms with Crippen LogP contribution < -0.4 is 14.8 Å². The smallest absolute Gasteiger partial charge is 0.267 e. The van der Waals surface area contributed by atoms with Crippen molar-refractivity contribution in [1.29, 1.82) is 0 Å². The molecule has 0 aliphatic heterocycles. The molecule has 0 atom stereocenters. The quantitative estimate of drug-likeness (QED) is 0.305. The van der Waals surface area contributed by atoms with E-state index in [1.165, 1.54) is 11.3 Å². The molecule has 0 aliphatic rings. The number of nitrogens with one attached hydrogen (secondary N) is 1. The normalized spacial score (nSPS) is 10.9. The molecule has 0 saturated carbocycles. The van der Waals surface area contributed by atoms with Crippen LogP contribution in [0.4, 0.5) is 5.69 Å². The lowest BCUT2D eigenvalue weighted by Crippen LogP contribution is -2.10. The zero-order chi connectivity index (χ0) is 23.5. The van der Waals surface area contributed by atoms with Crippen LogP contribution in [0.2, 0.25) is 5.02 Å². The highest BCUT2D eigenvalue weighted by Crippen LogP contribution is 2.33. The summed E-state index contributed by atoms with van der Waals surface area (Å²) >= 11 is 7.53. The third-order valence-electron chi connectivity index (χ3n) is 5.04. The van der Waals surface area contributed by atoms with Gasteiger partial charge in [0.2, 0.25) is 0 Å². The van der Waals surface area contributed by atoms with Gasteiger partial charge in [0.1, 0.15) is 22.1 Å². The van der Waals surface area contributed by atoms with Crippen molar-refractivity contribution >= 4 is 40.2 Å². The average molecular weight is 491 g/mol. The highest BCUT2D eigenvalue weighted by atomic mass is 35.5. The fraction of sp³-hybridized carbons (Fsp3) is 0.0800. The summed E-state index contributed by atoms with van der Waals surface area (Å²) in [5.41, 5.74) is 2.98. The summed E-state index contributed by atoms with van der Waals surface area (Å²) in [6.45, 7) is 0.255. The first-order valence-corrected chi connectivity index (χ1v) is 11.6. The fourth-order valence-corrected chi connectivity index (χ4v) is 4.54. The summed E-state index contributed by atoms with van der Waals surface area (Å²) < 4.78 is 13.3. The van der Waals surface area contributed by atoms with Crippen LogP contribution in [0.15, 0.2) is 79.3 Å². The monoisotopic (exact) mass is 490 g/mol. The molecule has 0 aliphatic carbocycles. The number of pyridine rings is 1. The number of thiazole rings is 1. The third-order valence-corrected chi connectivity index (χ3v) is 6.40. The van der Waals surface area contributed by atoms with Gasteiger partial charge in [-0.25, -0.2) is 9.97 Å². The van der Waals surface area contributed by atoms with Gasteiger partial charge in [0.15, 0.2) is 11.5 Å². The molecule has 0 bridgehead atoms. The van der Waals surface area contributed by atoms with E-state index in [0.717, 1.165) is 16.9 Å². The minimum atomic E-state index is -0.271. The van der Waals surface area contributed by atoms with E-state index >= 15 is 0 Å². The summed E-state index contributed by atoms with van der Waals surface area (Å²) in [5.74, 6) is 0.784. The lowest BCUT2D eigenvalue weighted by Gasteiger charge is -2.12. The number of carbonyl (C=O) groups excluding carboxylic acids is 1. The lowest BCUT2D eigenvalue weighted by molar-refractivity contribution is 0.103. The number of halogens is 1. The number of aromatic nitrogens is 3. The standard InChI is InChI=1S/C25H19ClN4O3S/c1-32-20-10-9-16(12-21(20)33-15-17-14-30-11-5-4-8-23(30)28-17)29-24(31)22-13-27-25(34-22)18-6-2-3-7-19(18)26/h2-14H,15H2,1H3,(H,29,31). The van der Waals surface area contributed by atoms with Crippen LogP contribution in [0, 0.1) is 0 Å². The minimum absolute atomic E-state index is 0.255. The van der Waals surface area contributed by atoms with Gasteiger partial charge >= 0.3 is 0 Å². The Balaban J connectivity index is 1.31. The number of carbonyl (C=O) groups is 1. The number of amides is 1. The number of hydrogen-bond acceptors (Lipinski definition) is 6. The Morgan fingerprint density at radius 1 is 1.12 bits per heavy atom. The van der Waals surface area contributed by atoms with Crippen LogP contribution in [0.25, 0.3) is 16.2 Å². The molecule has 3 aromatic heterocycles. The molecule has 3 heterocycles. The summed E-state index contributed by atoms with van der Waals surface area (Å²) in [4.78, 5) is 22.2. The number of benzene rings is 2. The Morgan fingerprint density at radius 2 is 1.97 bits per heavy atom. The zero-order valence-corrected chi connectivity index (χ0v) is 19.6. The average Bonchev–Trinajstić information content (AvgIpc) is 3.50. The first-order chi connectivity index (χ1) is 16.6. The molecule has 1 amide bonds. The third kappa shape index (κ3) is 4.59. The van der Waals surface area contributed by atoms with Gasteiger partial charge in [-0.05, 0) is 30.3 Å². The number of methoxy groups -OCH3 is 1. The van der Waals surface area contributed by atoms with Gasteiger partial charge in [-0.3, -0.25) is 4.79 Å². The molecular weight excluding hydrogens is 472 g/mol. The molecule has 5 rings (SSSR count). The van der Waals surface area contributed by atoms with E-state index in [4.69, 9.17) is 21.1 Å². The first kappa shape index (κ1) is 21.9. The van der Waals surface area contributed by atoms with Gasteiger partial charge in [-0.1, -0.05) is 35.9 Å². The van der Waals surface area contributed by atoms with Crippen molar-refractivity contribution < 1.29 is 14.3 Å². The molecule has 5 aromatic rings. The maximum atomic E-state index is 12.8. The highest BCUT2D eigenvalue weighted by molar-refractivity contribution is 7.17. The van der Waals surface area contributed by atoms with Crippen molar-refractivity contribution in [3.05, 3.63) is 94.8 Å². The van der Waals surface area contributed by atoms with Crippen LogP contribution in [0.5, 0.6) is 11.5 Å². The number of fused-ring (bicyclic) bond motifs is 1. The Kier molecular flexibility index (Phi) is 6.16. The van der Waals surface area contributed by atoms with Crippen molar-refractivity contribution in [2.45, 2.75) is 6.61 Å². The second-order valence-corrected chi connectivity index (χ2v) is 8.75. The van der Waals surface area contributed by atoms with E-state index in [9.17, 15) is 4.79 Å². The van der Waals surface area contributed by atoms with Crippen LogP contribution in [0.3, 0.4) is 0 Å². The molecule has 1 N–H and O–H groups in total. The highest BCUT2D eigenvalue weighted by Gasteiger charge is 2.15. The molecule has 0 fully saturated rings. The van der Waals surface area contributed by atoms with E-state index in [0.29, 0.717) is 32.1 Å². The Hall–Kier alpha value is -3.88. The van der Waals surface area contributed by atoms with Crippen molar-refractivity contribution in [3.63, 3.8) is 0 Å². The van der Waals surface area contributed by atoms with Crippen molar-refractivity contribution in [2.24, 2.45) is 0 Å². The van der Waals surface area contributed by atoms with Crippen LogP contribution >= 0.6 is 22.9 Å². The summed E-state index contributed by atoms with van der Waals surface area (Å²) in [5, 5.41) is 4.16. The maximum Gasteiger partial charge on any atom is 0.267 e. The van der Waals surface area contributed by atoms with Gasteiger partial charge in [0, 0.05) is 29.7 Å². The topological polar surface area (TPSA) is 77.8 Å². The minimum Gasteiger partial charge on any atom is -0.493 e. The summed E-state index contributed by atoms with van der Waals surface area (Å²) in [6, 6.07) is 18.4. The zero-order valence-electron chi connectivity index (χ0n) is 18.1. The molecule has 34 heavy (non-hydrogen) atoms. The molecule has 9 heteroatoms. The van der Waals surface area contributed by atoms with Crippen molar-refractivity contribution in [1.82, 2.24) is 14.4 Å². The molecule has 0 radical (unpaired) electrons. The van der Waals surface area contributed by atoms with Gasteiger partial charge in [-0.2, -0.15) is 0 Å². The van der Waals surface area contributed by atoms with E-state index in [2.05, 4.69) is 15.3 Å². The SMILES string of the molecule is COc1ccc(NC(=O)c2cnc(-c3ccccc3Cl)s2)cc1OCc1cn2ccccc2n1. The summed E-state index contributed by atoms with van der Waals surface area (Å²) in [7, 11) is 1.57. The van der Waals surface area contributed by atoms with Gasteiger partial charge in [0.25, 0.3) is 5.91 Å². The number of anilines is 1. The maximum absolute atomic E-state index is 12.8. The van der Waals surface area contributed by atoms with Crippen molar-refractivity contribution in [2.75, 3.05) is 12.4 Å². The Morgan fingerprint density at radius 3 is 2.79 bits per heavy atom. The van der Waals surface area contributed by atoms with Crippen LogP contribution in [0.1, 0.15) is 15.4 Å².